The Kier molecular flexibility index (Phi) is 3.66. The van der Waals surface area contributed by atoms with Gasteiger partial charge in [0.25, 0.3) is 0 Å². The van der Waals surface area contributed by atoms with Gasteiger partial charge in [0, 0.05) is 17.8 Å². The molecular weight excluding hydrogens is 268 g/mol. The molecule has 1 fully saturated rings. The predicted molar refractivity (Wildman–Crippen MR) is 78.2 cm³/mol. The molecular formula is C14H18N6O. The summed E-state index contributed by atoms with van der Waals surface area (Å²) in [5.74, 6) is 0.508. The number of tetrazole rings is 1. The average molecular weight is 286 g/mol. The molecule has 0 radical (unpaired) electrons. The zero-order chi connectivity index (χ0) is 14.7. The number of aromatic nitrogens is 4. The molecule has 7 heteroatoms. The summed E-state index contributed by atoms with van der Waals surface area (Å²) in [7, 11) is 0. The molecule has 3 rings (SSSR count). The Hall–Kier alpha value is -2.28. The number of anilines is 1. The predicted octanol–water partition coefficient (Wildman–Crippen LogP) is 1.32. The minimum Gasteiger partial charge on any atom is -0.329 e. The molecule has 2 aromatic rings. The summed E-state index contributed by atoms with van der Waals surface area (Å²) in [6, 6.07) is 7.41. The van der Waals surface area contributed by atoms with Crippen molar-refractivity contribution in [2.75, 3.05) is 11.9 Å². The molecule has 1 aliphatic carbocycles. The Balaban J connectivity index is 1.79. The zero-order valence-electron chi connectivity index (χ0n) is 11.7. The van der Waals surface area contributed by atoms with E-state index < -0.39 is 5.41 Å². The van der Waals surface area contributed by atoms with Crippen molar-refractivity contribution in [2.45, 2.75) is 25.7 Å². The van der Waals surface area contributed by atoms with E-state index in [1.165, 1.54) is 0 Å². The van der Waals surface area contributed by atoms with Crippen LogP contribution in [0.2, 0.25) is 0 Å². The maximum Gasteiger partial charge on any atom is 0.231 e. The molecule has 0 aliphatic heterocycles. The molecule has 0 spiro atoms. The first-order valence-corrected chi connectivity index (χ1v) is 7.09. The lowest BCUT2D eigenvalue weighted by Crippen LogP contribution is -2.40. The third-order valence-electron chi connectivity index (χ3n) is 4.16. The van der Waals surface area contributed by atoms with Crippen LogP contribution in [0.1, 0.15) is 25.7 Å². The van der Waals surface area contributed by atoms with Gasteiger partial charge in [-0.1, -0.05) is 25.0 Å². The molecule has 1 heterocycles. The number of H-pyrrole nitrogens is 1. The van der Waals surface area contributed by atoms with E-state index in [-0.39, 0.29) is 5.91 Å². The molecule has 21 heavy (non-hydrogen) atoms. The topological polar surface area (TPSA) is 110 Å². The van der Waals surface area contributed by atoms with Gasteiger partial charge in [0.1, 0.15) is 0 Å². The average Bonchev–Trinajstić information content (AvgIpc) is 3.20. The summed E-state index contributed by atoms with van der Waals surface area (Å²) in [6.45, 7) is 0.392. The van der Waals surface area contributed by atoms with Gasteiger partial charge < -0.3 is 11.1 Å². The van der Waals surface area contributed by atoms with E-state index in [1.54, 1.807) is 0 Å². The quantitative estimate of drug-likeness (QED) is 0.785. The van der Waals surface area contributed by atoms with Gasteiger partial charge in [-0.15, -0.1) is 10.2 Å². The van der Waals surface area contributed by atoms with Crippen molar-refractivity contribution in [3.63, 3.8) is 0 Å². The van der Waals surface area contributed by atoms with E-state index in [4.69, 9.17) is 5.73 Å². The van der Waals surface area contributed by atoms with Crippen LogP contribution in [0, 0.1) is 5.41 Å². The number of hydrogen-bond acceptors (Lipinski definition) is 5. The molecule has 0 saturated heterocycles. The summed E-state index contributed by atoms with van der Waals surface area (Å²) in [6.07, 6.45) is 3.85. The smallest absolute Gasteiger partial charge is 0.231 e. The maximum atomic E-state index is 12.5. The zero-order valence-corrected chi connectivity index (χ0v) is 11.7. The highest BCUT2D eigenvalue weighted by molar-refractivity contribution is 5.96. The fourth-order valence-electron chi connectivity index (χ4n) is 2.86. The van der Waals surface area contributed by atoms with Crippen LogP contribution in [0.25, 0.3) is 11.4 Å². The van der Waals surface area contributed by atoms with Crippen molar-refractivity contribution >= 4 is 11.6 Å². The van der Waals surface area contributed by atoms with Crippen molar-refractivity contribution in [3.8, 4) is 11.4 Å². The van der Waals surface area contributed by atoms with E-state index in [1.807, 2.05) is 24.3 Å². The van der Waals surface area contributed by atoms with Crippen molar-refractivity contribution in [3.05, 3.63) is 24.3 Å². The first-order valence-electron chi connectivity index (χ1n) is 7.09. The molecule has 0 bridgehead atoms. The molecule has 110 valence electrons. The van der Waals surface area contributed by atoms with Crippen LogP contribution in [0.15, 0.2) is 24.3 Å². The molecule has 1 aromatic carbocycles. The monoisotopic (exact) mass is 286 g/mol. The Labute approximate surface area is 122 Å². The first kappa shape index (κ1) is 13.7. The van der Waals surface area contributed by atoms with E-state index in [0.717, 1.165) is 36.9 Å². The second kappa shape index (κ2) is 5.61. The van der Waals surface area contributed by atoms with Crippen LogP contribution in [0.3, 0.4) is 0 Å². The van der Waals surface area contributed by atoms with Crippen LogP contribution in [0.4, 0.5) is 5.69 Å². The third kappa shape index (κ3) is 2.64. The number of rotatable bonds is 4. The van der Waals surface area contributed by atoms with Gasteiger partial charge in [-0.2, -0.15) is 5.21 Å². The minimum atomic E-state index is -0.415. The van der Waals surface area contributed by atoms with Gasteiger partial charge in [-0.05, 0) is 30.2 Å². The number of amides is 1. The van der Waals surface area contributed by atoms with E-state index in [0.29, 0.717) is 12.4 Å². The Bertz CT molecular complexity index is 618. The highest BCUT2D eigenvalue weighted by Crippen LogP contribution is 2.38. The minimum absolute atomic E-state index is 0.00719. The van der Waals surface area contributed by atoms with Gasteiger partial charge in [-0.3, -0.25) is 4.79 Å². The standard InChI is InChI=1S/C14H18N6O/c15-9-14(6-1-2-7-14)13(21)16-11-5-3-4-10(8-11)12-17-19-20-18-12/h3-5,8H,1-2,6-7,9,15H2,(H,16,21)(H,17,18,19,20). The Morgan fingerprint density at radius 1 is 1.38 bits per heavy atom. The number of nitrogens with two attached hydrogens (primary N) is 1. The van der Waals surface area contributed by atoms with Gasteiger partial charge in [0.05, 0.1) is 5.41 Å². The van der Waals surface area contributed by atoms with Crippen molar-refractivity contribution in [1.82, 2.24) is 20.6 Å². The van der Waals surface area contributed by atoms with Crippen LogP contribution < -0.4 is 11.1 Å². The second-order valence-corrected chi connectivity index (χ2v) is 5.46. The summed E-state index contributed by atoms with van der Waals surface area (Å²) >= 11 is 0. The fourth-order valence-corrected chi connectivity index (χ4v) is 2.86. The molecule has 7 nitrogen and oxygen atoms in total. The van der Waals surface area contributed by atoms with Gasteiger partial charge in [-0.25, -0.2) is 0 Å². The molecule has 1 amide bonds. The Morgan fingerprint density at radius 3 is 2.86 bits per heavy atom. The van der Waals surface area contributed by atoms with E-state index >= 15 is 0 Å². The normalized spacial score (nSPS) is 16.8. The van der Waals surface area contributed by atoms with Crippen LogP contribution in [-0.2, 0) is 4.79 Å². The largest absolute Gasteiger partial charge is 0.329 e. The van der Waals surface area contributed by atoms with Gasteiger partial charge in [0.2, 0.25) is 11.7 Å². The molecule has 4 N–H and O–H groups in total. The molecule has 1 aromatic heterocycles. The summed E-state index contributed by atoms with van der Waals surface area (Å²) < 4.78 is 0. The number of hydrogen-bond donors (Lipinski definition) is 3. The molecule has 1 aliphatic rings. The summed E-state index contributed by atoms with van der Waals surface area (Å²) in [4.78, 5) is 12.5. The fraction of sp³-hybridized carbons (Fsp3) is 0.429. The van der Waals surface area contributed by atoms with Gasteiger partial charge in [0.15, 0.2) is 0 Å². The number of nitrogens with zero attached hydrogens (tertiary/aromatic N) is 3. The number of carbonyl (C=O) groups is 1. The second-order valence-electron chi connectivity index (χ2n) is 5.46. The van der Waals surface area contributed by atoms with Crippen LogP contribution in [0.5, 0.6) is 0 Å². The first-order chi connectivity index (χ1) is 10.2. The maximum absolute atomic E-state index is 12.5. The lowest BCUT2D eigenvalue weighted by molar-refractivity contribution is -0.124. The lowest BCUT2D eigenvalue weighted by atomic mass is 9.85. The number of nitrogens with one attached hydrogen (secondary N) is 2. The van der Waals surface area contributed by atoms with Gasteiger partial charge >= 0.3 is 0 Å². The van der Waals surface area contributed by atoms with Crippen molar-refractivity contribution in [2.24, 2.45) is 11.1 Å². The lowest BCUT2D eigenvalue weighted by Gasteiger charge is -2.25. The highest BCUT2D eigenvalue weighted by Gasteiger charge is 2.39. The molecule has 0 unspecified atom stereocenters. The number of aromatic amines is 1. The van der Waals surface area contributed by atoms with Crippen molar-refractivity contribution in [1.29, 1.82) is 0 Å². The third-order valence-corrected chi connectivity index (χ3v) is 4.16. The van der Waals surface area contributed by atoms with E-state index in [9.17, 15) is 4.79 Å². The summed E-state index contributed by atoms with van der Waals surface area (Å²) in [5, 5.41) is 16.8. The van der Waals surface area contributed by atoms with E-state index in [2.05, 4.69) is 25.9 Å². The SMILES string of the molecule is NCC1(C(=O)Nc2cccc(-c3nn[nH]n3)c2)CCCC1. The van der Waals surface area contributed by atoms with Crippen LogP contribution in [-0.4, -0.2) is 33.1 Å². The number of carbonyl (C=O) groups excluding carboxylic acids is 1. The summed E-state index contributed by atoms with van der Waals surface area (Å²) in [5.41, 5.74) is 6.95. The van der Waals surface area contributed by atoms with Crippen molar-refractivity contribution < 1.29 is 4.79 Å². The Morgan fingerprint density at radius 2 is 2.19 bits per heavy atom. The highest BCUT2D eigenvalue weighted by atomic mass is 16.2. The van der Waals surface area contributed by atoms with Crippen LogP contribution >= 0.6 is 0 Å². The molecule has 0 atom stereocenters. The molecule has 1 saturated carbocycles. The number of benzene rings is 1.